The third-order valence-corrected chi connectivity index (χ3v) is 5.06. The van der Waals surface area contributed by atoms with Crippen molar-refractivity contribution in [1.29, 1.82) is 0 Å². The van der Waals surface area contributed by atoms with E-state index < -0.39 is 11.8 Å². The number of benzene rings is 2. The van der Waals surface area contributed by atoms with Gasteiger partial charge in [-0.1, -0.05) is 30.3 Å². The minimum absolute atomic E-state index is 0.131. The van der Waals surface area contributed by atoms with Crippen molar-refractivity contribution in [2.24, 2.45) is 0 Å². The number of hydrogen-bond acceptors (Lipinski definition) is 5. The van der Waals surface area contributed by atoms with Gasteiger partial charge in [0, 0.05) is 31.4 Å². The highest BCUT2D eigenvalue weighted by molar-refractivity contribution is 6.41. The van der Waals surface area contributed by atoms with Crippen LogP contribution >= 0.6 is 0 Å². The summed E-state index contributed by atoms with van der Waals surface area (Å²) in [5, 5.41) is 2.80. The predicted octanol–water partition coefficient (Wildman–Crippen LogP) is 0.992. The van der Waals surface area contributed by atoms with E-state index in [1.807, 2.05) is 30.3 Å². The quantitative estimate of drug-likeness (QED) is 0.719. The molecule has 0 unspecified atom stereocenters. The Kier molecular flexibility index (Phi) is 5.83. The third kappa shape index (κ3) is 4.37. The monoisotopic (exact) mass is 409 g/mol. The summed E-state index contributed by atoms with van der Waals surface area (Å²) in [6.45, 7) is 1.86. The second-order valence-electron chi connectivity index (χ2n) is 7.10. The third-order valence-electron chi connectivity index (χ3n) is 5.06. The molecule has 0 saturated carbocycles. The van der Waals surface area contributed by atoms with Gasteiger partial charge < -0.3 is 24.6 Å². The van der Waals surface area contributed by atoms with Crippen molar-refractivity contribution in [3.05, 3.63) is 54.1 Å². The van der Waals surface area contributed by atoms with Gasteiger partial charge in [-0.05, 0) is 24.1 Å². The van der Waals surface area contributed by atoms with Gasteiger partial charge in [-0.2, -0.15) is 0 Å². The van der Waals surface area contributed by atoms with Gasteiger partial charge in [-0.15, -0.1) is 0 Å². The fraction of sp³-hybridized carbons (Fsp3) is 0.318. The molecule has 2 aliphatic heterocycles. The average Bonchev–Trinajstić information content (AvgIpc) is 2.77. The predicted molar refractivity (Wildman–Crippen MR) is 110 cm³/mol. The van der Waals surface area contributed by atoms with Gasteiger partial charge in [0.1, 0.15) is 19.8 Å². The van der Waals surface area contributed by atoms with Crippen LogP contribution in [0.4, 0.5) is 5.69 Å². The van der Waals surface area contributed by atoms with Crippen LogP contribution in [0.1, 0.15) is 5.56 Å². The summed E-state index contributed by atoms with van der Waals surface area (Å²) in [5.41, 5.74) is 1.70. The lowest BCUT2D eigenvalue weighted by Gasteiger charge is -2.33. The molecular weight excluding hydrogens is 386 g/mol. The van der Waals surface area contributed by atoms with Crippen LogP contribution in [0.2, 0.25) is 0 Å². The van der Waals surface area contributed by atoms with Gasteiger partial charge >= 0.3 is 11.8 Å². The maximum absolute atomic E-state index is 12.6. The summed E-state index contributed by atoms with van der Waals surface area (Å²) in [6, 6.07) is 15.0. The molecule has 8 nitrogen and oxygen atoms in total. The molecule has 2 aliphatic rings. The minimum Gasteiger partial charge on any atom is -0.486 e. The number of hydrogen-bond donors (Lipinski definition) is 1. The molecule has 156 valence electrons. The smallest absolute Gasteiger partial charge is 0.316 e. The SMILES string of the molecule is O=C(CN1CCN(c2ccc3c(c2)OCCO3)C(=O)C1=O)NCCc1ccccc1. The molecule has 1 N–H and O–H groups in total. The van der Waals surface area contributed by atoms with Gasteiger partial charge in [-0.3, -0.25) is 14.4 Å². The molecule has 4 rings (SSSR count). The second kappa shape index (κ2) is 8.86. The summed E-state index contributed by atoms with van der Waals surface area (Å²) in [7, 11) is 0. The lowest BCUT2D eigenvalue weighted by molar-refractivity contribution is -0.147. The zero-order valence-corrected chi connectivity index (χ0v) is 16.5. The first-order chi connectivity index (χ1) is 14.6. The number of carbonyl (C=O) groups excluding carboxylic acids is 3. The van der Waals surface area contributed by atoms with Gasteiger partial charge in [-0.25, -0.2) is 0 Å². The van der Waals surface area contributed by atoms with E-state index in [0.717, 1.165) is 5.56 Å². The van der Waals surface area contributed by atoms with E-state index in [0.29, 0.717) is 49.9 Å². The molecule has 0 bridgehead atoms. The summed E-state index contributed by atoms with van der Waals surface area (Å²) in [6.07, 6.45) is 0.706. The number of piperazine rings is 1. The fourth-order valence-electron chi connectivity index (χ4n) is 3.49. The van der Waals surface area contributed by atoms with Crippen LogP contribution in [0, 0.1) is 0 Å². The first-order valence-corrected chi connectivity index (χ1v) is 9.93. The molecule has 2 aromatic rings. The maximum atomic E-state index is 12.6. The zero-order valence-electron chi connectivity index (χ0n) is 16.5. The van der Waals surface area contributed by atoms with Crippen molar-refractivity contribution in [1.82, 2.24) is 10.2 Å². The van der Waals surface area contributed by atoms with Crippen LogP contribution in [0.3, 0.4) is 0 Å². The van der Waals surface area contributed by atoms with Crippen LogP contribution < -0.4 is 19.7 Å². The Morgan fingerprint density at radius 2 is 1.70 bits per heavy atom. The lowest BCUT2D eigenvalue weighted by Crippen LogP contribution is -2.56. The molecule has 30 heavy (non-hydrogen) atoms. The van der Waals surface area contributed by atoms with Crippen LogP contribution in [0.15, 0.2) is 48.5 Å². The molecule has 0 atom stereocenters. The standard InChI is InChI=1S/C22H23N3O5/c26-20(23-9-8-16-4-2-1-3-5-16)15-24-10-11-25(22(28)21(24)27)17-6-7-18-19(14-17)30-13-12-29-18/h1-7,14H,8-13,15H2,(H,23,26). The number of carbonyl (C=O) groups is 3. The van der Waals surface area contributed by atoms with Gasteiger partial charge in [0.15, 0.2) is 11.5 Å². The number of anilines is 1. The Morgan fingerprint density at radius 1 is 0.933 bits per heavy atom. The summed E-state index contributed by atoms with van der Waals surface area (Å²) < 4.78 is 11.0. The highest BCUT2D eigenvalue weighted by Crippen LogP contribution is 2.34. The first-order valence-electron chi connectivity index (χ1n) is 9.93. The van der Waals surface area contributed by atoms with E-state index >= 15 is 0 Å². The van der Waals surface area contributed by atoms with Crippen molar-refractivity contribution in [2.75, 3.05) is 44.3 Å². The van der Waals surface area contributed by atoms with E-state index in [-0.39, 0.29) is 19.0 Å². The van der Waals surface area contributed by atoms with Crippen molar-refractivity contribution in [3.8, 4) is 11.5 Å². The van der Waals surface area contributed by atoms with E-state index in [4.69, 9.17) is 9.47 Å². The van der Waals surface area contributed by atoms with E-state index in [1.54, 1.807) is 18.2 Å². The van der Waals surface area contributed by atoms with Crippen molar-refractivity contribution in [3.63, 3.8) is 0 Å². The van der Waals surface area contributed by atoms with Crippen molar-refractivity contribution >= 4 is 23.4 Å². The highest BCUT2D eigenvalue weighted by Gasteiger charge is 2.34. The number of ether oxygens (including phenoxy) is 2. The van der Waals surface area contributed by atoms with E-state index in [9.17, 15) is 14.4 Å². The average molecular weight is 409 g/mol. The molecule has 2 aromatic carbocycles. The molecule has 1 fully saturated rings. The van der Waals surface area contributed by atoms with Gasteiger partial charge in [0.25, 0.3) is 0 Å². The fourth-order valence-corrected chi connectivity index (χ4v) is 3.49. The number of nitrogens with one attached hydrogen (secondary N) is 1. The van der Waals surface area contributed by atoms with Crippen LogP contribution in [-0.2, 0) is 20.8 Å². The topological polar surface area (TPSA) is 88.2 Å². The molecule has 0 spiro atoms. The molecule has 3 amide bonds. The normalized spacial score (nSPS) is 15.9. The van der Waals surface area contributed by atoms with E-state index in [2.05, 4.69) is 5.32 Å². The summed E-state index contributed by atoms with van der Waals surface area (Å²) >= 11 is 0. The molecule has 2 heterocycles. The highest BCUT2D eigenvalue weighted by atomic mass is 16.6. The van der Waals surface area contributed by atoms with Gasteiger partial charge in [0.2, 0.25) is 5.91 Å². The van der Waals surface area contributed by atoms with Gasteiger partial charge in [0.05, 0.1) is 0 Å². The Bertz CT molecular complexity index is 947. The van der Waals surface area contributed by atoms with Crippen LogP contribution in [0.5, 0.6) is 11.5 Å². The largest absolute Gasteiger partial charge is 0.486 e. The number of nitrogens with zero attached hydrogens (tertiary/aromatic N) is 2. The summed E-state index contributed by atoms with van der Waals surface area (Å²) in [4.78, 5) is 40.0. The molecule has 0 aromatic heterocycles. The number of rotatable bonds is 6. The van der Waals surface area contributed by atoms with Crippen molar-refractivity contribution < 1.29 is 23.9 Å². The van der Waals surface area contributed by atoms with E-state index in [1.165, 1.54) is 9.80 Å². The molecule has 0 aliphatic carbocycles. The number of amides is 3. The minimum atomic E-state index is -0.686. The van der Waals surface area contributed by atoms with Crippen molar-refractivity contribution in [2.45, 2.75) is 6.42 Å². The van der Waals surface area contributed by atoms with Crippen LogP contribution in [-0.4, -0.2) is 62.0 Å². The molecule has 0 radical (unpaired) electrons. The first kappa shape index (κ1) is 19.8. The molecular formula is C22H23N3O5. The van der Waals surface area contributed by atoms with Crippen LogP contribution in [0.25, 0.3) is 0 Å². The maximum Gasteiger partial charge on any atom is 0.316 e. The Hall–Kier alpha value is -3.55. The lowest BCUT2D eigenvalue weighted by atomic mass is 10.1. The number of fused-ring (bicyclic) bond motifs is 1. The molecule has 1 saturated heterocycles. The Labute approximate surface area is 174 Å². The second-order valence-corrected chi connectivity index (χ2v) is 7.10. The molecule has 8 heteroatoms. The summed E-state index contributed by atoms with van der Waals surface area (Å²) in [5.74, 6) is -0.446. The zero-order chi connectivity index (χ0) is 20.9. The Morgan fingerprint density at radius 3 is 2.50 bits per heavy atom. The Balaban J connectivity index is 1.31.